The maximum Gasteiger partial charge on any atom is 0.314 e. The highest BCUT2D eigenvalue weighted by Crippen LogP contribution is 2.25. The van der Waals surface area contributed by atoms with Crippen LogP contribution in [0.1, 0.15) is 0 Å². The Morgan fingerprint density at radius 2 is 1.63 bits per heavy atom. The Bertz CT molecular complexity index is 1270. The number of ether oxygens (including phenoxy) is 1. The molecule has 1 amide bonds. The van der Waals surface area contributed by atoms with E-state index in [1.54, 1.807) is 18.2 Å². The van der Waals surface area contributed by atoms with E-state index in [-0.39, 0.29) is 12.5 Å². The lowest BCUT2D eigenvalue weighted by Gasteiger charge is -2.10. The number of anilines is 1. The number of rotatable bonds is 4. The second-order valence-corrected chi connectivity index (χ2v) is 5.98. The lowest BCUT2D eigenvalue weighted by Crippen LogP contribution is -2.29. The van der Waals surface area contributed by atoms with Gasteiger partial charge in [0.05, 0.1) is 11.0 Å². The number of carbonyl (C=O) groups is 1. The molecule has 0 spiro atoms. The Kier molecular flexibility index (Phi) is 4.18. The first kappa shape index (κ1) is 16.6. The number of hydrogen-bond donors (Lipinski definition) is 3. The van der Waals surface area contributed by atoms with E-state index in [0.29, 0.717) is 22.5 Å². The summed E-state index contributed by atoms with van der Waals surface area (Å²) in [5.41, 5.74) is -0.0817. The number of amides is 1. The van der Waals surface area contributed by atoms with Gasteiger partial charge in [-0.25, -0.2) is 0 Å². The molecule has 1 heterocycles. The molecule has 0 unspecified atom stereocenters. The van der Waals surface area contributed by atoms with Crippen molar-refractivity contribution in [3.05, 3.63) is 81.4 Å². The molecule has 7 heteroatoms. The number of benzene rings is 3. The molecule has 0 saturated carbocycles. The number of aromatic amines is 2. The molecule has 0 radical (unpaired) electrons. The highest BCUT2D eigenvalue weighted by atomic mass is 16.5. The summed E-state index contributed by atoms with van der Waals surface area (Å²) in [6.45, 7) is -0.159. The summed E-state index contributed by atoms with van der Waals surface area (Å²) in [7, 11) is 0. The largest absolute Gasteiger partial charge is 0.483 e. The van der Waals surface area contributed by atoms with Crippen LogP contribution < -0.4 is 21.2 Å². The van der Waals surface area contributed by atoms with Gasteiger partial charge in [-0.05, 0) is 29.7 Å². The average Bonchev–Trinajstić information content (AvgIpc) is 2.67. The molecule has 0 saturated heterocycles. The zero-order valence-electron chi connectivity index (χ0n) is 14.1. The molecule has 0 atom stereocenters. The van der Waals surface area contributed by atoms with Crippen LogP contribution in [0.3, 0.4) is 0 Å². The number of hydrogen-bond acceptors (Lipinski definition) is 4. The van der Waals surface area contributed by atoms with Crippen LogP contribution in [0.2, 0.25) is 0 Å². The summed E-state index contributed by atoms with van der Waals surface area (Å²) < 4.78 is 5.66. The topological polar surface area (TPSA) is 104 Å². The van der Waals surface area contributed by atoms with Gasteiger partial charge in [-0.1, -0.05) is 36.4 Å². The number of carbonyl (C=O) groups excluding carboxylic acids is 1. The summed E-state index contributed by atoms with van der Waals surface area (Å²) in [4.78, 5) is 39.9. The van der Waals surface area contributed by atoms with Gasteiger partial charge in [0.25, 0.3) is 5.91 Å². The van der Waals surface area contributed by atoms with Crippen LogP contribution in [0.4, 0.5) is 5.69 Å². The minimum Gasteiger partial charge on any atom is -0.483 e. The van der Waals surface area contributed by atoms with Crippen molar-refractivity contribution in [1.82, 2.24) is 9.97 Å². The van der Waals surface area contributed by atoms with Crippen molar-refractivity contribution in [3.8, 4) is 5.75 Å². The van der Waals surface area contributed by atoms with Crippen LogP contribution in [0.25, 0.3) is 21.8 Å². The van der Waals surface area contributed by atoms with Crippen molar-refractivity contribution < 1.29 is 9.53 Å². The first-order valence-electron chi connectivity index (χ1n) is 8.27. The minimum atomic E-state index is -0.745. The summed E-state index contributed by atoms with van der Waals surface area (Å²) >= 11 is 0. The molecule has 1 aromatic heterocycles. The van der Waals surface area contributed by atoms with E-state index >= 15 is 0 Å². The Balaban J connectivity index is 1.49. The van der Waals surface area contributed by atoms with Gasteiger partial charge in [-0.2, -0.15) is 0 Å². The quantitative estimate of drug-likeness (QED) is 0.486. The molecule has 0 fully saturated rings. The van der Waals surface area contributed by atoms with Crippen LogP contribution in [0.5, 0.6) is 5.75 Å². The molecule has 3 N–H and O–H groups in total. The van der Waals surface area contributed by atoms with Crippen LogP contribution in [0.15, 0.2) is 70.3 Å². The van der Waals surface area contributed by atoms with Gasteiger partial charge >= 0.3 is 11.1 Å². The summed E-state index contributed by atoms with van der Waals surface area (Å²) in [5.74, 6) is 0.290. The smallest absolute Gasteiger partial charge is 0.314 e. The standard InChI is InChI=1S/C20H15N3O4/c24-18(11-27-17-7-3-5-12-4-1-2-6-14(12)17)21-13-8-9-15-16(10-13)23-20(26)19(25)22-15/h1-10H,11H2,(H,21,24)(H,22,25)(H,23,26). The fourth-order valence-electron chi connectivity index (χ4n) is 2.85. The van der Waals surface area contributed by atoms with Crippen molar-refractivity contribution in [1.29, 1.82) is 0 Å². The third kappa shape index (κ3) is 3.43. The lowest BCUT2D eigenvalue weighted by atomic mass is 10.1. The zero-order chi connectivity index (χ0) is 18.8. The van der Waals surface area contributed by atoms with Crippen molar-refractivity contribution in [2.24, 2.45) is 0 Å². The summed E-state index contributed by atoms with van der Waals surface area (Å²) in [5, 5.41) is 4.67. The Hall–Kier alpha value is -3.87. The monoisotopic (exact) mass is 361 g/mol. The number of aromatic nitrogens is 2. The number of nitrogens with one attached hydrogen (secondary N) is 3. The van der Waals surface area contributed by atoms with Crippen LogP contribution in [-0.2, 0) is 4.79 Å². The Morgan fingerprint density at radius 1 is 0.889 bits per heavy atom. The van der Waals surface area contributed by atoms with Gasteiger partial charge in [0.1, 0.15) is 5.75 Å². The van der Waals surface area contributed by atoms with Crippen molar-refractivity contribution in [2.45, 2.75) is 0 Å². The third-order valence-electron chi connectivity index (χ3n) is 4.11. The highest BCUT2D eigenvalue weighted by Gasteiger charge is 2.07. The van der Waals surface area contributed by atoms with Crippen molar-refractivity contribution in [3.63, 3.8) is 0 Å². The first-order chi connectivity index (χ1) is 13.1. The van der Waals surface area contributed by atoms with E-state index < -0.39 is 11.1 Å². The molecule has 27 heavy (non-hydrogen) atoms. The predicted molar refractivity (Wildman–Crippen MR) is 103 cm³/mol. The molecule has 0 aliphatic rings. The van der Waals surface area contributed by atoms with Gasteiger partial charge in [-0.3, -0.25) is 14.4 Å². The highest BCUT2D eigenvalue weighted by molar-refractivity contribution is 5.94. The first-order valence-corrected chi connectivity index (χ1v) is 8.27. The Labute approximate surface area is 152 Å². The molecule has 0 aliphatic carbocycles. The molecule has 4 aromatic rings. The van der Waals surface area contributed by atoms with Crippen molar-refractivity contribution >= 4 is 33.4 Å². The second-order valence-electron chi connectivity index (χ2n) is 5.98. The number of fused-ring (bicyclic) bond motifs is 2. The fourth-order valence-corrected chi connectivity index (χ4v) is 2.85. The molecular formula is C20H15N3O4. The van der Waals surface area contributed by atoms with E-state index in [4.69, 9.17) is 4.74 Å². The maximum atomic E-state index is 12.2. The summed E-state index contributed by atoms with van der Waals surface area (Å²) in [6, 6.07) is 18.2. The average molecular weight is 361 g/mol. The third-order valence-corrected chi connectivity index (χ3v) is 4.11. The van der Waals surface area contributed by atoms with E-state index in [2.05, 4.69) is 15.3 Å². The SMILES string of the molecule is O=C(COc1cccc2ccccc12)Nc1ccc2[nH]c(=O)c(=O)[nH]c2c1. The molecule has 0 bridgehead atoms. The van der Waals surface area contributed by atoms with Gasteiger partial charge in [0.2, 0.25) is 0 Å². The normalized spacial score (nSPS) is 10.8. The minimum absolute atomic E-state index is 0.159. The molecule has 3 aromatic carbocycles. The molecular weight excluding hydrogens is 346 g/mol. The predicted octanol–water partition coefficient (Wildman–Crippen LogP) is 2.39. The second kappa shape index (κ2) is 6.80. The molecule has 4 rings (SSSR count). The fraction of sp³-hybridized carbons (Fsp3) is 0.0500. The van der Waals surface area contributed by atoms with Crippen LogP contribution in [0, 0.1) is 0 Å². The number of H-pyrrole nitrogens is 2. The van der Waals surface area contributed by atoms with Gasteiger partial charge in [0, 0.05) is 11.1 Å². The molecule has 134 valence electrons. The van der Waals surface area contributed by atoms with E-state index in [1.165, 1.54) is 0 Å². The maximum absolute atomic E-state index is 12.2. The van der Waals surface area contributed by atoms with Gasteiger partial charge in [0.15, 0.2) is 6.61 Å². The van der Waals surface area contributed by atoms with E-state index in [9.17, 15) is 14.4 Å². The van der Waals surface area contributed by atoms with Gasteiger partial charge in [-0.15, -0.1) is 0 Å². The van der Waals surface area contributed by atoms with Crippen LogP contribution in [-0.4, -0.2) is 22.5 Å². The van der Waals surface area contributed by atoms with Gasteiger partial charge < -0.3 is 20.0 Å². The summed E-state index contributed by atoms with van der Waals surface area (Å²) in [6.07, 6.45) is 0. The van der Waals surface area contributed by atoms with E-state index in [0.717, 1.165) is 10.8 Å². The Morgan fingerprint density at radius 3 is 2.48 bits per heavy atom. The van der Waals surface area contributed by atoms with Crippen LogP contribution >= 0.6 is 0 Å². The molecule has 0 aliphatic heterocycles. The molecule has 7 nitrogen and oxygen atoms in total. The lowest BCUT2D eigenvalue weighted by molar-refractivity contribution is -0.118. The van der Waals surface area contributed by atoms with Crippen molar-refractivity contribution in [2.75, 3.05) is 11.9 Å². The van der Waals surface area contributed by atoms with E-state index in [1.807, 2.05) is 42.5 Å². The zero-order valence-corrected chi connectivity index (χ0v) is 14.1.